The highest BCUT2D eigenvalue weighted by molar-refractivity contribution is 14.0. The third-order valence-electron chi connectivity index (χ3n) is 3.10. The van der Waals surface area contributed by atoms with Crippen LogP contribution in [0, 0.1) is 5.82 Å². The van der Waals surface area contributed by atoms with E-state index in [0.717, 1.165) is 19.4 Å². The molecule has 4 nitrogen and oxygen atoms in total. The van der Waals surface area contributed by atoms with E-state index in [1.54, 1.807) is 6.07 Å². The van der Waals surface area contributed by atoms with Gasteiger partial charge in [-0.05, 0) is 24.1 Å². The van der Waals surface area contributed by atoms with Crippen molar-refractivity contribution in [1.82, 2.24) is 5.32 Å². The molecule has 0 bridgehead atoms. The van der Waals surface area contributed by atoms with Crippen LogP contribution in [-0.4, -0.2) is 24.2 Å². The molecule has 0 heterocycles. The summed E-state index contributed by atoms with van der Waals surface area (Å²) in [6, 6.07) is 4.19. The van der Waals surface area contributed by atoms with Crippen LogP contribution in [0.1, 0.15) is 44.3 Å². The fraction of sp³-hybridized carbons (Fsp3) is 0.533. The molecule has 0 saturated heterocycles. The van der Waals surface area contributed by atoms with Gasteiger partial charge in [-0.2, -0.15) is 0 Å². The Balaban J connectivity index is 0.00000441. The first-order valence-corrected chi connectivity index (χ1v) is 7.59. The molecular formula is C15H24ClFIN3O. The molecule has 4 N–H and O–H groups in total. The van der Waals surface area contributed by atoms with Crippen molar-refractivity contribution in [3.63, 3.8) is 0 Å². The number of aliphatic hydroxyl groups excluding tert-OH is 1. The monoisotopic (exact) mass is 443 g/mol. The lowest BCUT2D eigenvalue weighted by Gasteiger charge is -2.10. The van der Waals surface area contributed by atoms with Crippen molar-refractivity contribution < 1.29 is 9.50 Å². The normalized spacial score (nSPS) is 12.6. The van der Waals surface area contributed by atoms with Gasteiger partial charge >= 0.3 is 0 Å². The third-order valence-corrected chi connectivity index (χ3v) is 3.41. The number of aliphatic hydroxyl groups is 1. The van der Waals surface area contributed by atoms with E-state index in [4.69, 9.17) is 17.3 Å². The van der Waals surface area contributed by atoms with Gasteiger partial charge in [0.15, 0.2) is 5.96 Å². The van der Waals surface area contributed by atoms with Crippen LogP contribution in [-0.2, 0) is 0 Å². The highest BCUT2D eigenvalue weighted by atomic mass is 127. The molecule has 1 rings (SSSR count). The van der Waals surface area contributed by atoms with Crippen molar-refractivity contribution in [2.75, 3.05) is 13.1 Å². The van der Waals surface area contributed by atoms with Crippen molar-refractivity contribution in [2.24, 2.45) is 10.7 Å². The van der Waals surface area contributed by atoms with Gasteiger partial charge in [-0.25, -0.2) is 4.39 Å². The molecule has 1 aromatic carbocycles. The summed E-state index contributed by atoms with van der Waals surface area (Å²) in [5, 5.41) is 12.9. The van der Waals surface area contributed by atoms with Crippen LogP contribution in [0.3, 0.4) is 0 Å². The maximum atomic E-state index is 13.3. The van der Waals surface area contributed by atoms with E-state index >= 15 is 0 Å². The topological polar surface area (TPSA) is 70.6 Å². The van der Waals surface area contributed by atoms with Crippen LogP contribution in [0.5, 0.6) is 0 Å². The van der Waals surface area contributed by atoms with Crippen LogP contribution in [0.25, 0.3) is 0 Å². The number of nitrogens with two attached hydrogens (primary N) is 1. The number of aliphatic imine (C=N–C) groups is 1. The Morgan fingerprint density at radius 1 is 1.41 bits per heavy atom. The lowest BCUT2D eigenvalue weighted by Crippen LogP contribution is -2.32. The van der Waals surface area contributed by atoms with Crippen molar-refractivity contribution in [2.45, 2.75) is 38.7 Å². The first kappa shape index (κ1) is 21.4. The standard InChI is InChI=1S/C15H23ClFN3O.HI/c1-2-3-4-5-8-19-15(18)20-10-14(21)11-6-7-12(16)13(17)9-11;/h6-7,9,14,21H,2-5,8,10H2,1H3,(H3,18,19,20);1H. The van der Waals surface area contributed by atoms with Gasteiger partial charge in [0.1, 0.15) is 5.82 Å². The van der Waals surface area contributed by atoms with E-state index in [2.05, 4.69) is 17.2 Å². The second-order valence-corrected chi connectivity index (χ2v) is 5.31. The molecule has 0 amide bonds. The van der Waals surface area contributed by atoms with Crippen LogP contribution in [0.4, 0.5) is 4.39 Å². The highest BCUT2D eigenvalue weighted by Gasteiger charge is 2.09. The maximum absolute atomic E-state index is 13.3. The zero-order valence-electron chi connectivity index (χ0n) is 12.7. The fourth-order valence-corrected chi connectivity index (χ4v) is 1.95. The Labute approximate surface area is 153 Å². The number of unbranched alkanes of at least 4 members (excludes halogenated alkanes) is 3. The summed E-state index contributed by atoms with van der Waals surface area (Å²) in [6.45, 7) is 3.00. The van der Waals surface area contributed by atoms with Gasteiger partial charge in [0.25, 0.3) is 0 Å². The van der Waals surface area contributed by atoms with Crippen molar-refractivity contribution in [1.29, 1.82) is 0 Å². The quantitative estimate of drug-likeness (QED) is 0.249. The minimum Gasteiger partial charge on any atom is -0.386 e. The number of guanidine groups is 1. The predicted octanol–water partition coefficient (Wildman–Crippen LogP) is 3.62. The van der Waals surface area contributed by atoms with E-state index in [1.165, 1.54) is 25.0 Å². The summed E-state index contributed by atoms with van der Waals surface area (Å²) >= 11 is 5.59. The van der Waals surface area contributed by atoms with Crippen LogP contribution in [0.15, 0.2) is 23.2 Å². The fourth-order valence-electron chi connectivity index (χ4n) is 1.83. The Bertz CT molecular complexity index is 474. The number of nitrogens with one attached hydrogen (secondary N) is 1. The number of hydrogen-bond donors (Lipinski definition) is 3. The summed E-state index contributed by atoms with van der Waals surface area (Å²) in [4.78, 5) is 4.05. The minimum absolute atomic E-state index is 0. The molecule has 0 radical (unpaired) electrons. The molecule has 1 aromatic rings. The van der Waals surface area contributed by atoms with Gasteiger partial charge < -0.3 is 16.2 Å². The Morgan fingerprint density at radius 3 is 2.77 bits per heavy atom. The van der Waals surface area contributed by atoms with Crippen LogP contribution in [0.2, 0.25) is 5.02 Å². The second-order valence-electron chi connectivity index (χ2n) is 4.90. The molecule has 0 fully saturated rings. The Hall–Kier alpha value is -0.600. The first-order valence-electron chi connectivity index (χ1n) is 7.21. The number of benzene rings is 1. The molecule has 1 atom stereocenters. The van der Waals surface area contributed by atoms with E-state index in [-0.39, 0.29) is 35.5 Å². The van der Waals surface area contributed by atoms with Crippen LogP contribution < -0.4 is 11.1 Å². The van der Waals surface area contributed by atoms with E-state index in [0.29, 0.717) is 11.5 Å². The molecule has 1 unspecified atom stereocenters. The molecule has 0 aromatic heterocycles. The summed E-state index contributed by atoms with van der Waals surface area (Å²) in [5.41, 5.74) is 6.13. The zero-order valence-corrected chi connectivity index (χ0v) is 15.8. The van der Waals surface area contributed by atoms with Gasteiger partial charge in [0.05, 0.1) is 17.7 Å². The van der Waals surface area contributed by atoms with Crippen molar-refractivity contribution in [3.8, 4) is 0 Å². The van der Waals surface area contributed by atoms with Gasteiger partial charge in [-0.3, -0.25) is 4.99 Å². The molecule has 126 valence electrons. The minimum atomic E-state index is -0.905. The number of halogens is 3. The van der Waals surface area contributed by atoms with Gasteiger partial charge in [-0.15, -0.1) is 24.0 Å². The van der Waals surface area contributed by atoms with Crippen LogP contribution >= 0.6 is 35.6 Å². The van der Waals surface area contributed by atoms with E-state index in [1.807, 2.05) is 0 Å². The SMILES string of the molecule is CCCCCCNC(N)=NCC(O)c1ccc(Cl)c(F)c1.I. The molecule has 0 aliphatic carbocycles. The zero-order chi connectivity index (χ0) is 15.7. The number of nitrogens with zero attached hydrogens (tertiary/aromatic N) is 1. The third kappa shape index (κ3) is 8.14. The predicted molar refractivity (Wildman–Crippen MR) is 100 cm³/mol. The number of hydrogen-bond acceptors (Lipinski definition) is 2. The molecule has 7 heteroatoms. The molecule has 22 heavy (non-hydrogen) atoms. The highest BCUT2D eigenvalue weighted by Crippen LogP contribution is 2.20. The summed E-state index contributed by atoms with van der Waals surface area (Å²) in [7, 11) is 0. The number of rotatable bonds is 8. The lowest BCUT2D eigenvalue weighted by molar-refractivity contribution is 0.186. The average molecular weight is 444 g/mol. The first-order chi connectivity index (χ1) is 10.0. The molecule has 0 spiro atoms. The molecular weight excluding hydrogens is 420 g/mol. The van der Waals surface area contributed by atoms with E-state index < -0.39 is 11.9 Å². The van der Waals surface area contributed by atoms with Gasteiger partial charge in [-0.1, -0.05) is 43.9 Å². The Morgan fingerprint density at radius 2 is 2.14 bits per heavy atom. The average Bonchev–Trinajstić information content (AvgIpc) is 2.47. The second kappa shape index (κ2) is 11.9. The maximum Gasteiger partial charge on any atom is 0.188 e. The van der Waals surface area contributed by atoms with Crippen molar-refractivity contribution in [3.05, 3.63) is 34.6 Å². The summed E-state index contributed by atoms with van der Waals surface area (Å²) in [5.74, 6) is -0.265. The smallest absolute Gasteiger partial charge is 0.188 e. The largest absolute Gasteiger partial charge is 0.386 e. The van der Waals surface area contributed by atoms with Gasteiger partial charge in [0, 0.05) is 6.54 Å². The summed E-state index contributed by atoms with van der Waals surface area (Å²) < 4.78 is 13.3. The molecule has 0 aliphatic heterocycles. The van der Waals surface area contributed by atoms with Gasteiger partial charge in [0.2, 0.25) is 0 Å². The van der Waals surface area contributed by atoms with Crippen molar-refractivity contribution >= 4 is 41.5 Å². The Kier molecular flexibility index (Phi) is 11.6. The molecule has 0 aliphatic rings. The lowest BCUT2D eigenvalue weighted by atomic mass is 10.1. The summed E-state index contributed by atoms with van der Waals surface area (Å²) in [6.07, 6.45) is 3.68. The molecule has 0 saturated carbocycles. The van der Waals surface area contributed by atoms with E-state index in [9.17, 15) is 9.50 Å².